The Hall–Kier alpha value is -5.32. The molecule has 0 bridgehead atoms. The molecule has 0 spiro atoms. The molecule has 0 aliphatic carbocycles. The molecule has 2 aromatic heterocycles. The third kappa shape index (κ3) is 5.87. The fraction of sp³-hybridized carbons (Fsp3) is 0.310. The highest BCUT2D eigenvalue weighted by atomic mass is 19.1. The first-order chi connectivity index (χ1) is 20.5. The van der Waals surface area contributed by atoms with Crippen LogP contribution in [0.4, 0.5) is 19.5 Å². The number of piperazine rings is 1. The summed E-state index contributed by atoms with van der Waals surface area (Å²) in [5.41, 5.74) is -1.20. The Morgan fingerprint density at radius 2 is 1.65 bits per heavy atom. The van der Waals surface area contributed by atoms with Crippen LogP contribution < -0.4 is 19.9 Å². The lowest BCUT2D eigenvalue weighted by molar-refractivity contribution is 0.0240. The minimum Gasteiger partial charge on any atom is -0.492 e. The fourth-order valence-electron chi connectivity index (χ4n) is 4.49. The van der Waals surface area contributed by atoms with Crippen molar-refractivity contribution in [2.75, 3.05) is 38.2 Å². The Bertz CT molecular complexity index is 1790. The van der Waals surface area contributed by atoms with E-state index in [4.69, 9.17) is 14.2 Å². The number of fused-ring (bicyclic) bond motifs is 1. The van der Waals surface area contributed by atoms with Crippen LogP contribution in [0, 0.1) is 23.0 Å². The van der Waals surface area contributed by atoms with E-state index < -0.39 is 34.1 Å². The number of amides is 1. The van der Waals surface area contributed by atoms with E-state index in [0.717, 1.165) is 12.1 Å². The Labute approximate surface area is 244 Å². The van der Waals surface area contributed by atoms with Crippen molar-refractivity contribution in [1.82, 2.24) is 24.4 Å². The van der Waals surface area contributed by atoms with Crippen LogP contribution in [0.25, 0.3) is 16.6 Å². The van der Waals surface area contributed by atoms with E-state index in [-0.39, 0.29) is 28.5 Å². The minimum absolute atomic E-state index is 0.000148. The number of rotatable bonds is 5. The largest absolute Gasteiger partial charge is 0.492 e. The number of anilines is 1. The number of nitriles is 1. The van der Waals surface area contributed by atoms with Crippen molar-refractivity contribution >= 4 is 22.9 Å². The lowest BCUT2D eigenvalue weighted by Gasteiger charge is -2.35. The summed E-state index contributed by atoms with van der Waals surface area (Å²) in [6, 6.07) is 6.07. The van der Waals surface area contributed by atoms with E-state index in [2.05, 4.69) is 15.0 Å². The molecule has 1 amide bonds. The van der Waals surface area contributed by atoms with Gasteiger partial charge in [0.1, 0.15) is 34.8 Å². The van der Waals surface area contributed by atoms with E-state index in [9.17, 15) is 23.6 Å². The standard InChI is InChI=1S/C29H27F2N7O5/c1-29(2,3)43-28(40)37-11-9-36(10-12-37)27-33-14-17(15-34-27)38-16-35-21-7-8-22(25(41-4)23(21)26(38)39)42-24-18(13-32)19(30)5-6-20(24)31/h5-8,14-16H,9-12H2,1-4H3. The number of halogens is 2. The van der Waals surface area contributed by atoms with Crippen LogP contribution in [0.5, 0.6) is 17.2 Å². The smallest absolute Gasteiger partial charge is 0.410 e. The Kier molecular flexibility index (Phi) is 7.81. The predicted molar refractivity (Wildman–Crippen MR) is 151 cm³/mol. The molecule has 0 unspecified atom stereocenters. The summed E-state index contributed by atoms with van der Waals surface area (Å²) in [6.45, 7) is 7.31. The zero-order chi connectivity index (χ0) is 30.9. The second kappa shape index (κ2) is 11.5. The van der Waals surface area contributed by atoms with E-state index in [1.165, 1.54) is 42.5 Å². The van der Waals surface area contributed by atoms with Gasteiger partial charge in [-0.3, -0.25) is 9.36 Å². The number of hydrogen-bond acceptors (Lipinski definition) is 10. The number of nitrogens with zero attached hydrogens (tertiary/aromatic N) is 7. The highest BCUT2D eigenvalue weighted by molar-refractivity contribution is 5.87. The Morgan fingerprint density at radius 1 is 0.977 bits per heavy atom. The third-order valence-corrected chi connectivity index (χ3v) is 6.55. The fourth-order valence-corrected chi connectivity index (χ4v) is 4.49. The average molecular weight is 592 g/mol. The van der Waals surface area contributed by atoms with Gasteiger partial charge in [-0.25, -0.2) is 28.5 Å². The van der Waals surface area contributed by atoms with Gasteiger partial charge < -0.3 is 24.0 Å². The van der Waals surface area contributed by atoms with Gasteiger partial charge in [0.05, 0.1) is 30.7 Å². The van der Waals surface area contributed by atoms with Crippen LogP contribution in [0.2, 0.25) is 0 Å². The molecule has 2 aromatic carbocycles. The second-order valence-corrected chi connectivity index (χ2v) is 10.6. The number of carbonyl (C=O) groups excluding carboxylic acids is 1. The van der Waals surface area contributed by atoms with Crippen LogP contribution in [0.1, 0.15) is 26.3 Å². The summed E-state index contributed by atoms with van der Waals surface area (Å²) in [7, 11) is 1.28. The van der Waals surface area contributed by atoms with Gasteiger partial charge in [0.25, 0.3) is 5.56 Å². The van der Waals surface area contributed by atoms with Crippen LogP contribution >= 0.6 is 0 Å². The molecule has 0 saturated carbocycles. The molecule has 4 aromatic rings. The molecular formula is C29H27F2N7O5. The molecular weight excluding hydrogens is 564 g/mol. The number of benzene rings is 2. The number of hydrogen-bond donors (Lipinski definition) is 0. The van der Waals surface area contributed by atoms with Crippen LogP contribution in [-0.4, -0.2) is 69.4 Å². The van der Waals surface area contributed by atoms with Crippen molar-refractivity contribution in [1.29, 1.82) is 5.26 Å². The van der Waals surface area contributed by atoms with Crippen molar-refractivity contribution in [2.24, 2.45) is 0 Å². The molecule has 5 rings (SSSR count). The molecule has 0 atom stereocenters. The Balaban J connectivity index is 1.41. The maximum Gasteiger partial charge on any atom is 0.410 e. The first-order valence-electron chi connectivity index (χ1n) is 13.2. The molecule has 14 heteroatoms. The molecule has 3 heterocycles. The quantitative estimate of drug-likeness (QED) is 0.332. The van der Waals surface area contributed by atoms with Crippen molar-refractivity contribution in [3.63, 3.8) is 0 Å². The van der Waals surface area contributed by atoms with Crippen LogP contribution in [-0.2, 0) is 4.74 Å². The SMILES string of the molecule is COc1c(Oc2c(F)ccc(F)c2C#N)ccc2ncn(-c3cnc(N4CCN(C(=O)OC(C)(C)C)CC4)nc3)c(=O)c12. The molecule has 1 aliphatic rings. The van der Waals surface area contributed by atoms with E-state index in [1.54, 1.807) is 11.0 Å². The zero-order valence-corrected chi connectivity index (χ0v) is 23.8. The lowest BCUT2D eigenvalue weighted by atomic mass is 10.1. The first kappa shape index (κ1) is 29.2. The van der Waals surface area contributed by atoms with Gasteiger partial charge in [-0.15, -0.1) is 0 Å². The normalized spacial score (nSPS) is 13.5. The summed E-state index contributed by atoms with van der Waals surface area (Å²) in [5.74, 6) is -2.35. The maximum atomic E-state index is 14.5. The molecule has 0 N–H and O–H groups in total. The zero-order valence-electron chi connectivity index (χ0n) is 23.8. The van der Waals surface area contributed by atoms with Gasteiger partial charge in [-0.05, 0) is 45.0 Å². The average Bonchev–Trinajstić information content (AvgIpc) is 2.98. The highest BCUT2D eigenvalue weighted by Crippen LogP contribution is 2.38. The predicted octanol–water partition coefficient (Wildman–Crippen LogP) is 4.18. The summed E-state index contributed by atoms with van der Waals surface area (Å²) in [4.78, 5) is 42.7. The summed E-state index contributed by atoms with van der Waals surface area (Å²) >= 11 is 0. The van der Waals surface area contributed by atoms with Crippen LogP contribution in [0.3, 0.4) is 0 Å². The molecule has 1 fully saturated rings. The second-order valence-electron chi connectivity index (χ2n) is 10.6. The highest BCUT2D eigenvalue weighted by Gasteiger charge is 2.27. The maximum absolute atomic E-state index is 14.5. The lowest BCUT2D eigenvalue weighted by Crippen LogP contribution is -2.50. The van der Waals surface area contributed by atoms with Gasteiger partial charge in [0, 0.05) is 26.2 Å². The molecule has 1 aliphatic heterocycles. The van der Waals surface area contributed by atoms with Gasteiger partial charge in [0.2, 0.25) is 5.95 Å². The molecule has 222 valence electrons. The van der Waals surface area contributed by atoms with E-state index in [1.807, 2.05) is 25.7 Å². The molecule has 0 radical (unpaired) electrons. The van der Waals surface area contributed by atoms with Gasteiger partial charge >= 0.3 is 6.09 Å². The topological polar surface area (TPSA) is 136 Å². The molecule has 1 saturated heterocycles. The number of ether oxygens (including phenoxy) is 3. The minimum atomic E-state index is -0.966. The van der Waals surface area contributed by atoms with Gasteiger partial charge in [0.15, 0.2) is 23.1 Å². The molecule has 12 nitrogen and oxygen atoms in total. The van der Waals surface area contributed by atoms with Crippen LogP contribution in [0.15, 0.2) is 47.8 Å². The first-order valence-corrected chi connectivity index (χ1v) is 13.2. The summed E-state index contributed by atoms with van der Waals surface area (Å²) < 4.78 is 46.3. The molecule has 43 heavy (non-hydrogen) atoms. The number of carbonyl (C=O) groups is 1. The van der Waals surface area contributed by atoms with Gasteiger partial charge in [-0.1, -0.05) is 0 Å². The van der Waals surface area contributed by atoms with Crippen molar-refractivity contribution in [3.05, 3.63) is 70.5 Å². The Morgan fingerprint density at radius 3 is 2.28 bits per heavy atom. The number of methoxy groups -OCH3 is 1. The van der Waals surface area contributed by atoms with E-state index in [0.29, 0.717) is 37.8 Å². The van der Waals surface area contributed by atoms with Gasteiger partial charge in [-0.2, -0.15) is 5.26 Å². The third-order valence-electron chi connectivity index (χ3n) is 6.55. The van der Waals surface area contributed by atoms with Crippen molar-refractivity contribution in [3.8, 4) is 29.0 Å². The summed E-state index contributed by atoms with van der Waals surface area (Å²) in [6.07, 6.45) is 3.86. The monoisotopic (exact) mass is 591 g/mol. The number of aromatic nitrogens is 4. The summed E-state index contributed by atoms with van der Waals surface area (Å²) in [5, 5.41) is 9.31. The van der Waals surface area contributed by atoms with E-state index >= 15 is 0 Å². The van der Waals surface area contributed by atoms with Crippen molar-refractivity contribution < 1.29 is 27.8 Å². The van der Waals surface area contributed by atoms with Crippen molar-refractivity contribution in [2.45, 2.75) is 26.4 Å².